The Hall–Kier alpha value is -4.12. The molecule has 3 aromatic heterocycles. The molecule has 0 spiro atoms. The van der Waals surface area contributed by atoms with Gasteiger partial charge in [0.2, 0.25) is 11.7 Å². The predicted octanol–water partition coefficient (Wildman–Crippen LogP) is 3.24. The van der Waals surface area contributed by atoms with Crippen LogP contribution in [0.5, 0.6) is 11.6 Å². The molecular formula is C21H18N4O6S. The lowest BCUT2D eigenvalue weighted by Crippen LogP contribution is -2.22. The molecular weight excluding hydrogens is 436 g/mol. The highest BCUT2D eigenvalue weighted by Crippen LogP contribution is 2.34. The van der Waals surface area contributed by atoms with Crippen LogP contribution in [0.25, 0.3) is 21.6 Å². The summed E-state index contributed by atoms with van der Waals surface area (Å²) in [5, 5.41) is 24.2. The van der Waals surface area contributed by atoms with Crippen molar-refractivity contribution < 1.29 is 24.5 Å². The van der Waals surface area contributed by atoms with E-state index >= 15 is 0 Å². The normalized spacial score (nSPS) is 10.9. The summed E-state index contributed by atoms with van der Waals surface area (Å²) in [6.07, 6.45) is -1.60. The smallest absolute Gasteiger partial charge is 0.499 e. The van der Waals surface area contributed by atoms with Crippen LogP contribution in [-0.4, -0.2) is 36.8 Å². The lowest BCUT2D eigenvalue weighted by molar-refractivity contribution is -0.115. The van der Waals surface area contributed by atoms with Gasteiger partial charge >= 0.3 is 6.16 Å². The molecule has 0 saturated heterocycles. The van der Waals surface area contributed by atoms with Crippen LogP contribution in [0.1, 0.15) is 11.3 Å². The van der Waals surface area contributed by atoms with Gasteiger partial charge in [0.25, 0.3) is 11.4 Å². The van der Waals surface area contributed by atoms with Gasteiger partial charge < -0.3 is 25.3 Å². The standard InChI is InChI=1S/C21H18N4O6S/c1-10-12(11-5-3-4-6-13(11)22-10)9-15(26)23-14-7-8-32-17(14)18-24-19(31-21(29)30)16(27)20(28)25(18)2/h3-8,22,27H,9H2,1-2H3,(H,23,26)(H,29,30). The summed E-state index contributed by atoms with van der Waals surface area (Å²) in [5.74, 6) is -1.88. The van der Waals surface area contributed by atoms with Crippen LogP contribution in [0, 0.1) is 6.92 Å². The Labute approximate surface area is 184 Å². The second-order valence-electron chi connectivity index (χ2n) is 6.98. The maximum Gasteiger partial charge on any atom is 0.512 e. The van der Waals surface area contributed by atoms with Crippen molar-refractivity contribution in [3.8, 4) is 22.3 Å². The first-order valence-electron chi connectivity index (χ1n) is 9.41. The third kappa shape index (κ3) is 3.81. The van der Waals surface area contributed by atoms with E-state index < -0.39 is 23.3 Å². The number of aromatic amines is 1. The van der Waals surface area contributed by atoms with E-state index in [1.165, 1.54) is 18.4 Å². The number of aryl methyl sites for hydroxylation is 1. The van der Waals surface area contributed by atoms with Crippen molar-refractivity contribution >= 4 is 40.0 Å². The highest BCUT2D eigenvalue weighted by atomic mass is 32.1. The summed E-state index contributed by atoms with van der Waals surface area (Å²) >= 11 is 1.19. The van der Waals surface area contributed by atoms with Gasteiger partial charge in [0.05, 0.1) is 17.0 Å². The molecule has 0 aliphatic rings. The van der Waals surface area contributed by atoms with E-state index in [0.717, 1.165) is 26.7 Å². The number of carbonyl (C=O) groups excluding carboxylic acids is 1. The lowest BCUT2D eigenvalue weighted by atomic mass is 10.1. The average molecular weight is 454 g/mol. The van der Waals surface area contributed by atoms with Crippen LogP contribution < -0.4 is 15.6 Å². The molecule has 10 nitrogen and oxygen atoms in total. The molecule has 0 atom stereocenters. The van der Waals surface area contributed by atoms with Crippen LogP contribution in [0.3, 0.4) is 0 Å². The number of amides is 1. The number of para-hydroxylation sites is 1. The van der Waals surface area contributed by atoms with Gasteiger partial charge in [-0.15, -0.1) is 11.3 Å². The molecule has 0 aliphatic carbocycles. The quantitative estimate of drug-likeness (QED) is 0.339. The van der Waals surface area contributed by atoms with Crippen LogP contribution in [-0.2, 0) is 18.3 Å². The number of benzene rings is 1. The summed E-state index contributed by atoms with van der Waals surface area (Å²) in [7, 11) is 1.37. The third-order valence-electron chi connectivity index (χ3n) is 4.93. The van der Waals surface area contributed by atoms with Crippen molar-refractivity contribution in [2.75, 3.05) is 5.32 Å². The Morgan fingerprint density at radius 2 is 2.03 bits per heavy atom. The molecule has 4 aromatic rings. The van der Waals surface area contributed by atoms with E-state index in [-0.39, 0.29) is 18.2 Å². The number of fused-ring (bicyclic) bond motifs is 1. The number of carbonyl (C=O) groups is 2. The number of aromatic hydroxyl groups is 1. The molecule has 1 aromatic carbocycles. The number of carboxylic acid groups (broad SMARTS) is 1. The third-order valence-corrected chi connectivity index (χ3v) is 5.84. The van der Waals surface area contributed by atoms with Crippen molar-refractivity contribution in [2.24, 2.45) is 7.05 Å². The van der Waals surface area contributed by atoms with Crippen molar-refractivity contribution in [1.82, 2.24) is 14.5 Å². The number of thiophene rings is 1. The number of H-pyrrole nitrogens is 1. The fraction of sp³-hybridized carbons (Fsp3) is 0.143. The van der Waals surface area contributed by atoms with E-state index in [4.69, 9.17) is 5.11 Å². The van der Waals surface area contributed by atoms with Gasteiger partial charge in [-0.1, -0.05) is 18.2 Å². The number of anilines is 1. The Morgan fingerprint density at radius 1 is 1.28 bits per heavy atom. The van der Waals surface area contributed by atoms with E-state index in [2.05, 4.69) is 20.0 Å². The van der Waals surface area contributed by atoms with E-state index in [1.807, 2.05) is 31.2 Å². The number of hydrogen-bond donors (Lipinski definition) is 4. The molecule has 0 bridgehead atoms. The van der Waals surface area contributed by atoms with Gasteiger partial charge in [0.1, 0.15) is 0 Å². The minimum atomic E-state index is -1.72. The number of hydrogen-bond acceptors (Lipinski definition) is 7. The van der Waals surface area contributed by atoms with Gasteiger partial charge in [-0.05, 0) is 30.0 Å². The molecule has 0 aliphatic heterocycles. The maximum atomic E-state index is 12.8. The molecule has 4 N–H and O–H groups in total. The number of nitrogens with one attached hydrogen (secondary N) is 2. The zero-order chi connectivity index (χ0) is 23.0. The van der Waals surface area contributed by atoms with Gasteiger partial charge in [0.15, 0.2) is 5.82 Å². The SMILES string of the molecule is Cc1[nH]c2ccccc2c1CC(=O)Nc1ccsc1-c1nc(OC(=O)O)c(O)c(=O)n1C. The van der Waals surface area contributed by atoms with Crippen molar-refractivity contribution in [2.45, 2.75) is 13.3 Å². The van der Waals surface area contributed by atoms with E-state index in [1.54, 1.807) is 11.4 Å². The first kappa shape index (κ1) is 21.1. The summed E-state index contributed by atoms with van der Waals surface area (Å²) < 4.78 is 5.47. The van der Waals surface area contributed by atoms with Gasteiger partial charge in [0, 0.05) is 23.6 Å². The summed E-state index contributed by atoms with van der Waals surface area (Å²) in [4.78, 5) is 43.6. The van der Waals surface area contributed by atoms with Gasteiger partial charge in [-0.3, -0.25) is 14.2 Å². The summed E-state index contributed by atoms with van der Waals surface area (Å²) in [5.41, 5.74) is 2.23. The maximum absolute atomic E-state index is 12.8. The molecule has 0 saturated carbocycles. The molecule has 0 fully saturated rings. The fourth-order valence-electron chi connectivity index (χ4n) is 3.43. The minimum absolute atomic E-state index is 0.0395. The summed E-state index contributed by atoms with van der Waals surface area (Å²) in [6, 6.07) is 9.35. The zero-order valence-corrected chi connectivity index (χ0v) is 17.8. The highest BCUT2D eigenvalue weighted by Gasteiger charge is 2.22. The van der Waals surface area contributed by atoms with Crippen molar-refractivity contribution in [3.05, 3.63) is 57.3 Å². The molecule has 1 amide bonds. The average Bonchev–Trinajstić information content (AvgIpc) is 3.32. The topological polar surface area (TPSA) is 147 Å². The Bertz CT molecular complexity index is 1420. The van der Waals surface area contributed by atoms with E-state index in [9.17, 15) is 19.5 Å². The highest BCUT2D eigenvalue weighted by molar-refractivity contribution is 7.14. The number of rotatable bonds is 5. The first-order chi connectivity index (χ1) is 15.3. The minimum Gasteiger partial charge on any atom is -0.499 e. The van der Waals surface area contributed by atoms with E-state index in [0.29, 0.717) is 10.6 Å². The largest absolute Gasteiger partial charge is 0.512 e. The second-order valence-corrected chi connectivity index (χ2v) is 7.90. The summed E-state index contributed by atoms with van der Waals surface area (Å²) in [6.45, 7) is 1.90. The molecule has 164 valence electrons. The Kier molecular flexibility index (Phi) is 5.41. The molecule has 3 heterocycles. The Morgan fingerprint density at radius 3 is 2.78 bits per heavy atom. The molecule has 32 heavy (non-hydrogen) atoms. The van der Waals surface area contributed by atoms with Crippen molar-refractivity contribution in [1.29, 1.82) is 0 Å². The number of ether oxygens (including phenoxy) is 1. The van der Waals surface area contributed by atoms with Crippen LogP contribution in [0.15, 0.2) is 40.5 Å². The monoisotopic (exact) mass is 454 g/mol. The van der Waals surface area contributed by atoms with Crippen molar-refractivity contribution in [3.63, 3.8) is 0 Å². The van der Waals surface area contributed by atoms with Crippen LogP contribution >= 0.6 is 11.3 Å². The zero-order valence-electron chi connectivity index (χ0n) is 17.0. The van der Waals surface area contributed by atoms with Crippen LogP contribution in [0.2, 0.25) is 0 Å². The predicted molar refractivity (Wildman–Crippen MR) is 118 cm³/mol. The molecule has 4 rings (SSSR count). The van der Waals surface area contributed by atoms with Gasteiger partial charge in [-0.25, -0.2) is 4.79 Å². The van der Waals surface area contributed by atoms with Crippen LogP contribution in [0.4, 0.5) is 10.5 Å². The Balaban J connectivity index is 1.65. The first-order valence-corrected chi connectivity index (χ1v) is 10.3. The second kappa shape index (κ2) is 8.19. The number of aromatic nitrogens is 3. The van der Waals surface area contributed by atoms with Gasteiger partial charge in [-0.2, -0.15) is 4.98 Å². The molecule has 0 radical (unpaired) electrons. The fourth-order valence-corrected chi connectivity index (χ4v) is 4.30. The molecule has 0 unspecified atom stereocenters. The molecule has 11 heteroatoms. The lowest BCUT2D eigenvalue weighted by Gasteiger charge is -2.11. The number of nitrogens with zero attached hydrogens (tertiary/aromatic N) is 2.